The fourth-order valence-electron chi connectivity index (χ4n) is 3.38. The van der Waals surface area contributed by atoms with Gasteiger partial charge < -0.3 is 5.32 Å². The highest BCUT2D eigenvalue weighted by atomic mass is 16.2. The predicted molar refractivity (Wildman–Crippen MR) is 116 cm³/mol. The van der Waals surface area contributed by atoms with Gasteiger partial charge in [-0.05, 0) is 48.7 Å². The molecule has 2 heterocycles. The summed E-state index contributed by atoms with van der Waals surface area (Å²) in [4.78, 5) is 17.2. The van der Waals surface area contributed by atoms with Gasteiger partial charge in [0.2, 0.25) is 0 Å². The lowest BCUT2D eigenvalue weighted by atomic mass is 10.1. The van der Waals surface area contributed by atoms with Crippen molar-refractivity contribution in [2.75, 3.05) is 0 Å². The van der Waals surface area contributed by atoms with E-state index in [2.05, 4.69) is 39.7 Å². The van der Waals surface area contributed by atoms with E-state index >= 15 is 0 Å². The zero-order chi connectivity index (χ0) is 20.9. The Labute approximate surface area is 175 Å². The first kappa shape index (κ1) is 19.5. The molecule has 0 saturated carbocycles. The van der Waals surface area contributed by atoms with Crippen LogP contribution in [0.3, 0.4) is 0 Å². The van der Waals surface area contributed by atoms with Crippen LogP contribution in [0.2, 0.25) is 0 Å². The summed E-state index contributed by atoms with van der Waals surface area (Å²) in [6.07, 6.45) is 4.31. The van der Waals surface area contributed by atoms with Crippen LogP contribution in [0.15, 0.2) is 79.1 Å². The van der Waals surface area contributed by atoms with Crippen LogP contribution < -0.4 is 5.32 Å². The molecule has 0 aliphatic carbocycles. The monoisotopic (exact) mass is 397 g/mol. The number of aromatic nitrogens is 4. The van der Waals surface area contributed by atoms with Crippen LogP contribution in [0.5, 0.6) is 0 Å². The number of aryl methyl sites for hydroxylation is 1. The standard InChI is InChI=1S/C24H23N5O/c1-3-18-8-7-11-21(16-18)29-23(20-12-14-25-15-13-20)22(27-28-29)24(30)26-17(2)19-9-5-4-6-10-19/h4-17H,3H2,1-2H3,(H,26,30)/t17-/m0/s1. The van der Waals surface area contributed by atoms with Gasteiger partial charge in [0.1, 0.15) is 5.69 Å². The van der Waals surface area contributed by atoms with Crippen LogP contribution >= 0.6 is 0 Å². The van der Waals surface area contributed by atoms with Crippen molar-refractivity contribution in [3.05, 3.63) is 95.9 Å². The molecule has 0 spiro atoms. The molecule has 1 amide bonds. The zero-order valence-electron chi connectivity index (χ0n) is 17.0. The smallest absolute Gasteiger partial charge is 0.274 e. The third-order valence-corrected chi connectivity index (χ3v) is 5.05. The summed E-state index contributed by atoms with van der Waals surface area (Å²) < 4.78 is 1.72. The molecule has 6 heteroatoms. The molecule has 4 aromatic rings. The van der Waals surface area contributed by atoms with Gasteiger partial charge in [-0.25, -0.2) is 4.68 Å². The van der Waals surface area contributed by atoms with E-state index in [9.17, 15) is 4.79 Å². The molecule has 1 N–H and O–H groups in total. The molecular weight excluding hydrogens is 374 g/mol. The van der Waals surface area contributed by atoms with Crippen LogP contribution in [-0.2, 0) is 6.42 Å². The zero-order valence-corrected chi connectivity index (χ0v) is 17.0. The SMILES string of the molecule is CCc1cccc(-n2nnc(C(=O)N[C@@H](C)c3ccccc3)c2-c2ccncc2)c1. The van der Waals surface area contributed by atoms with Gasteiger partial charge in [0.15, 0.2) is 5.69 Å². The van der Waals surface area contributed by atoms with Crippen LogP contribution in [0.25, 0.3) is 16.9 Å². The van der Waals surface area contributed by atoms with Gasteiger partial charge in [-0.3, -0.25) is 9.78 Å². The maximum absolute atomic E-state index is 13.1. The molecule has 150 valence electrons. The highest BCUT2D eigenvalue weighted by molar-refractivity contribution is 5.98. The Balaban J connectivity index is 1.75. The summed E-state index contributed by atoms with van der Waals surface area (Å²) in [5.41, 5.74) is 4.83. The van der Waals surface area contributed by atoms with Crippen LogP contribution in [0, 0.1) is 0 Å². The number of hydrogen-bond donors (Lipinski definition) is 1. The number of carbonyl (C=O) groups is 1. The van der Waals surface area contributed by atoms with Crippen molar-refractivity contribution in [3.8, 4) is 16.9 Å². The number of benzene rings is 2. The molecule has 6 nitrogen and oxygen atoms in total. The average Bonchev–Trinajstić information content (AvgIpc) is 3.25. The minimum Gasteiger partial charge on any atom is -0.344 e. The lowest BCUT2D eigenvalue weighted by molar-refractivity contribution is 0.0935. The van der Waals surface area contributed by atoms with Crippen molar-refractivity contribution in [1.82, 2.24) is 25.3 Å². The molecule has 2 aromatic heterocycles. The second-order valence-corrected chi connectivity index (χ2v) is 7.06. The Morgan fingerprint density at radius 2 is 1.80 bits per heavy atom. The molecule has 0 aliphatic heterocycles. The van der Waals surface area contributed by atoms with E-state index in [4.69, 9.17) is 0 Å². The van der Waals surface area contributed by atoms with Crippen molar-refractivity contribution in [3.63, 3.8) is 0 Å². The molecule has 2 aromatic carbocycles. The minimum absolute atomic E-state index is 0.155. The molecule has 0 radical (unpaired) electrons. The molecule has 0 fully saturated rings. The highest BCUT2D eigenvalue weighted by Gasteiger charge is 2.23. The van der Waals surface area contributed by atoms with Crippen LogP contribution in [0.1, 0.15) is 41.5 Å². The molecule has 0 bridgehead atoms. The summed E-state index contributed by atoms with van der Waals surface area (Å²) in [5, 5.41) is 11.6. The first-order valence-electron chi connectivity index (χ1n) is 9.98. The Morgan fingerprint density at radius 3 is 2.53 bits per heavy atom. The van der Waals surface area contributed by atoms with Gasteiger partial charge in [0, 0.05) is 18.0 Å². The second kappa shape index (κ2) is 8.69. The number of hydrogen-bond acceptors (Lipinski definition) is 4. The third-order valence-electron chi connectivity index (χ3n) is 5.05. The largest absolute Gasteiger partial charge is 0.344 e. The first-order chi connectivity index (χ1) is 14.7. The van der Waals surface area contributed by atoms with Gasteiger partial charge in [-0.2, -0.15) is 0 Å². The maximum Gasteiger partial charge on any atom is 0.274 e. The van der Waals surface area contributed by atoms with E-state index in [-0.39, 0.29) is 17.6 Å². The summed E-state index contributed by atoms with van der Waals surface area (Å²) in [7, 11) is 0. The molecular formula is C24H23N5O. The average molecular weight is 397 g/mol. The summed E-state index contributed by atoms with van der Waals surface area (Å²) in [6, 6.07) is 21.5. The Kier molecular flexibility index (Phi) is 5.66. The number of nitrogens with one attached hydrogen (secondary N) is 1. The van der Waals surface area contributed by atoms with E-state index in [1.807, 2.05) is 61.5 Å². The Morgan fingerprint density at radius 1 is 1.03 bits per heavy atom. The van der Waals surface area contributed by atoms with Gasteiger partial charge >= 0.3 is 0 Å². The van der Waals surface area contributed by atoms with Crippen molar-refractivity contribution >= 4 is 5.91 Å². The molecule has 0 saturated heterocycles. The third kappa shape index (κ3) is 3.98. The van der Waals surface area contributed by atoms with Crippen molar-refractivity contribution in [2.24, 2.45) is 0 Å². The van der Waals surface area contributed by atoms with Crippen LogP contribution in [0.4, 0.5) is 0 Å². The summed E-state index contributed by atoms with van der Waals surface area (Å²) in [6.45, 7) is 4.06. The van der Waals surface area contributed by atoms with Gasteiger partial charge in [0.05, 0.1) is 11.7 Å². The number of amides is 1. The second-order valence-electron chi connectivity index (χ2n) is 7.06. The molecule has 1 atom stereocenters. The van der Waals surface area contributed by atoms with Crippen molar-refractivity contribution < 1.29 is 4.79 Å². The van der Waals surface area contributed by atoms with Gasteiger partial charge in [0.25, 0.3) is 5.91 Å². The minimum atomic E-state index is -0.268. The lowest BCUT2D eigenvalue weighted by Gasteiger charge is -2.14. The Hall–Kier alpha value is -3.80. The van der Waals surface area contributed by atoms with Crippen molar-refractivity contribution in [2.45, 2.75) is 26.3 Å². The van der Waals surface area contributed by atoms with E-state index in [1.165, 1.54) is 5.56 Å². The molecule has 0 unspecified atom stereocenters. The molecule has 30 heavy (non-hydrogen) atoms. The predicted octanol–water partition coefficient (Wildman–Crippen LogP) is 4.38. The van der Waals surface area contributed by atoms with E-state index < -0.39 is 0 Å². The van der Waals surface area contributed by atoms with Crippen LogP contribution in [-0.4, -0.2) is 25.9 Å². The highest BCUT2D eigenvalue weighted by Crippen LogP contribution is 2.26. The van der Waals surface area contributed by atoms with Crippen molar-refractivity contribution in [1.29, 1.82) is 0 Å². The lowest BCUT2D eigenvalue weighted by Crippen LogP contribution is -2.27. The maximum atomic E-state index is 13.1. The van der Waals surface area contributed by atoms with E-state index in [0.717, 1.165) is 23.2 Å². The molecule has 4 rings (SSSR count). The topological polar surface area (TPSA) is 72.7 Å². The number of pyridine rings is 1. The quantitative estimate of drug-likeness (QED) is 0.524. The van der Waals surface area contributed by atoms with Gasteiger partial charge in [-0.1, -0.05) is 54.6 Å². The summed E-state index contributed by atoms with van der Waals surface area (Å²) in [5.74, 6) is -0.268. The number of rotatable bonds is 6. The number of carbonyl (C=O) groups excluding carboxylic acids is 1. The fourth-order valence-corrected chi connectivity index (χ4v) is 3.38. The molecule has 0 aliphatic rings. The fraction of sp³-hybridized carbons (Fsp3) is 0.167. The number of nitrogens with zero attached hydrogens (tertiary/aromatic N) is 4. The Bertz CT molecular complexity index is 1140. The normalized spacial score (nSPS) is 11.8. The van der Waals surface area contributed by atoms with E-state index in [1.54, 1.807) is 17.1 Å². The first-order valence-corrected chi connectivity index (χ1v) is 9.98. The van der Waals surface area contributed by atoms with Gasteiger partial charge in [-0.15, -0.1) is 5.10 Å². The van der Waals surface area contributed by atoms with E-state index in [0.29, 0.717) is 5.69 Å². The summed E-state index contributed by atoms with van der Waals surface area (Å²) >= 11 is 0.